The van der Waals surface area contributed by atoms with Crippen LogP contribution in [0.1, 0.15) is 21.5 Å². The van der Waals surface area contributed by atoms with Crippen LogP contribution in [0.5, 0.6) is 0 Å². The van der Waals surface area contributed by atoms with Crippen molar-refractivity contribution in [3.05, 3.63) is 71.0 Å². The molecule has 0 aliphatic carbocycles. The summed E-state index contributed by atoms with van der Waals surface area (Å²) >= 11 is 0. The molecule has 0 heterocycles. The first-order valence-corrected chi connectivity index (χ1v) is 7.12. The van der Waals surface area contributed by atoms with Gasteiger partial charge in [-0.15, -0.1) is 0 Å². The van der Waals surface area contributed by atoms with Crippen molar-refractivity contribution in [3.63, 3.8) is 0 Å². The monoisotopic (exact) mass is 355 g/mol. The van der Waals surface area contributed by atoms with Crippen molar-refractivity contribution < 1.29 is 32.3 Å². The standard InChI is InChI=1S/C17H13F4NO3/c18-13-7-3-11(4-8-13)15(23)22-14(16(24)25)9-10-1-5-12(6-2-10)17(19,20)21/h1-8,14H,9H2,(H,22,23)(H,24,25)/t14-/m0/s1. The summed E-state index contributed by atoms with van der Waals surface area (Å²) in [6.07, 6.45) is -4.68. The molecule has 0 unspecified atom stereocenters. The van der Waals surface area contributed by atoms with Crippen molar-refractivity contribution in [2.75, 3.05) is 0 Å². The normalized spacial score (nSPS) is 12.5. The molecule has 0 spiro atoms. The maximum atomic E-state index is 12.8. The Bertz CT molecular complexity index is 755. The maximum Gasteiger partial charge on any atom is 0.416 e. The third-order valence-electron chi connectivity index (χ3n) is 3.43. The Labute approximate surface area is 140 Å². The molecule has 0 radical (unpaired) electrons. The first kappa shape index (κ1) is 18.4. The zero-order valence-electron chi connectivity index (χ0n) is 12.7. The smallest absolute Gasteiger partial charge is 0.416 e. The summed E-state index contributed by atoms with van der Waals surface area (Å²) in [5.74, 6) is -2.61. The number of amides is 1. The van der Waals surface area contributed by atoms with Crippen LogP contribution in [-0.2, 0) is 17.4 Å². The molecule has 2 aromatic rings. The largest absolute Gasteiger partial charge is 0.480 e. The molecule has 132 valence electrons. The first-order chi connectivity index (χ1) is 11.7. The van der Waals surface area contributed by atoms with Gasteiger partial charge in [-0.05, 0) is 42.0 Å². The van der Waals surface area contributed by atoms with Gasteiger partial charge in [-0.3, -0.25) is 4.79 Å². The molecule has 2 aromatic carbocycles. The van der Waals surface area contributed by atoms with E-state index in [4.69, 9.17) is 0 Å². The highest BCUT2D eigenvalue weighted by Gasteiger charge is 2.30. The van der Waals surface area contributed by atoms with E-state index < -0.39 is 35.5 Å². The van der Waals surface area contributed by atoms with Gasteiger partial charge in [-0.25, -0.2) is 9.18 Å². The van der Waals surface area contributed by atoms with Crippen molar-refractivity contribution in [3.8, 4) is 0 Å². The SMILES string of the molecule is O=C(N[C@@H](Cc1ccc(C(F)(F)F)cc1)C(=O)O)c1ccc(F)cc1. The number of carbonyl (C=O) groups is 2. The van der Waals surface area contributed by atoms with E-state index in [9.17, 15) is 32.3 Å². The third-order valence-corrected chi connectivity index (χ3v) is 3.43. The molecular formula is C17H13F4NO3. The second kappa shape index (κ2) is 7.33. The number of carbonyl (C=O) groups excluding carboxylic acids is 1. The number of nitrogens with one attached hydrogen (secondary N) is 1. The average Bonchev–Trinajstić information content (AvgIpc) is 2.54. The van der Waals surface area contributed by atoms with E-state index in [2.05, 4.69) is 5.32 Å². The van der Waals surface area contributed by atoms with Crippen LogP contribution in [0.3, 0.4) is 0 Å². The van der Waals surface area contributed by atoms with Crippen LogP contribution in [0, 0.1) is 5.82 Å². The molecule has 0 aliphatic heterocycles. The molecule has 0 aromatic heterocycles. The van der Waals surface area contributed by atoms with E-state index in [1.807, 2.05) is 0 Å². The van der Waals surface area contributed by atoms with E-state index in [1.165, 1.54) is 12.1 Å². The van der Waals surface area contributed by atoms with Crippen molar-refractivity contribution in [1.29, 1.82) is 0 Å². The van der Waals surface area contributed by atoms with Gasteiger partial charge >= 0.3 is 12.1 Å². The average molecular weight is 355 g/mol. The van der Waals surface area contributed by atoms with E-state index in [0.717, 1.165) is 36.4 Å². The molecule has 8 heteroatoms. The fourth-order valence-corrected chi connectivity index (χ4v) is 2.11. The second-order valence-corrected chi connectivity index (χ2v) is 5.27. The summed E-state index contributed by atoms with van der Waals surface area (Å²) in [5.41, 5.74) is -0.460. The summed E-state index contributed by atoms with van der Waals surface area (Å²) in [6.45, 7) is 0. The Morgan fingerprint density at radius 2 is 1.56 bits per heavy atom. The zero-order chi connectivity index (χ0) is 18.6. The van der Waals surface area contributed by atoms with Crippen molar-refractivity contribution in [1.82, 2.24) is 5.32 Å². The molecule has 2 N–H and O–H groups in total. The van der Waals surface area contributed by atoms with Crippen LogP contribution in [-0.4, -0.2) is 23.0 Å². The van der Waals surface area contributed by atoms with Crippen molar-refractivity contribution in [2.45, 2.75) is 18.6 Å². The molecule has 1 amide bonds. The lowest BCUT2D eigenvalue weighted by Crippen LogP contribution is -2.42. The Morgan fingerprint density at radius 1 is 1.00 bits per heavy atom. The number of hydrogen-bond acceptors (Lipinski definition) is 2. The summed E-state index contributed by atoms with van der Waals surface area (Å²) in [7, 11) is 0. The minimum atomic E-state index is -4.48. The van der Waals surface area contributed by atoms with E-state index in [1.54, 1.807) is 0 Å². The van der Waals surface area contributed by atoms with Crippen LogP contribution in [0.4, 0.5) is 17.6 Å². The van der Waals surface area contributed by atoms with Gasteiger partial charge in [0, 0.05) is 12.0 Å². The zero-order valence-corrected chi connectivity index (χ0v) is 12.7. The van der Waals surface area contributed by atoms with Crippen LogP contribution in [0.2, 0.25) is 0 Å². The van der Waals surface area contributed by atoms with Gasteiger partial charge < -0.3 is 10.4 Å². The molecule has 0 fully saturated rings. The first-order valence-electron chi connectivity index (χ1n) is 7.12. The molecule has 0 saturated carbocycles. The van der Waals surface area contributed by atoms with Gasteiger partial charge in [0.15, 0.2) is 0 Å². The summed E-state index contributed by atoms with van der Waals surface area (Å²) < 4.78 is 50.4. The van der Waals surface area contributed by atoms with Gasteiger partial charge in [0.05, 0.1) is 5.56 Å². The van der Waals surface area contributed by atoms with Gasteiger partial charge in [-0.1, -0.05) is 12.1 Å². The molecular weight excluding hydrogens is 342 g/mol. The number of carboxylic acids is 1. The third kappa shape index (κ3) is 5.03. The number of halogens is 4. The fraction of sp³-hybridized carbons (Fsp3) is 0.176. The number of alkyl halides is 3. The molecule has 0 saturated heterocycles. The maximum absolute atomic E-state index is 12.8. The number of hydrogen-bond donors (Lipinski definition) is 2. The summed E-state index contributed by atoms with van der Waals surface area (Å²) in [6, 6.07) is 7.16. The second-order valence-electron chi connectivity index (χ2n) is 5.27. The molecule has 25 heavy (non-hydrogen) atoms. The lowest BCUT2D eigenvalue weighted by Gasteiger charge is -2.15. The quantitative estimate of drug-likeness (QED) is 0.809. The highest BCUT2D eigenvalue weighted by atomic mass is 19.4. The van der Waals surface area contributed by atoms with E-state index in [-0.39, 0.29) is 12.0 Å². The van der Waals surface area contributed by atoms with Crippen LogP contribution >= 0.6 is 0 Å². The van der Waals surface area contributed by atoms with Gasteiger partial charge in [-0.2, -0.15) is 13.2 Å². The number of rotatable bonds is 5. The van der Waals surface area contributed by atoms with Crippen LogP contribution < -0.4 is 5.32 Å². The van der Waals surface area contributed by atoms with Crippen LogP contribution in [0.15, 0.2) is 48.5 Å². The minimum Gasteiger partial charge on any atom is -0.480 e. The number of benzene rings is 2. The summed E-state index contributed by atoms with van der Waals surface area (Å²) in [5, 5.41) is 11.5. The summed E-state index contributed by atoms with van der Waals surface area (Å²) in [4.78, 5) is 23.3. The Kier molecular flexibility index (Phi) is 5.41. The molecule has 0 bridgehead atoms. The molecule has 0 aliphatic rings. The molecule has 2 rings (SSSR count). The van der Waals surface area contributed by atoms with Crippen molar-refractivity contribution >= 4 is 11.9 Å². The minimum absolute atomic E-state index is 0.0695. The Hall–Kier alpha value is -2.90. The van der Waals surface area contributed by atoms with Gasteiger partial charge in [0.2, 0.25) is 0 Å². The van der Waals surface area contributed by atoms with Gasteiger partial charge in [0.25, 0.3) is 5.91 Å². The Morgan fingerprint density at radius 3 is 2.04 bits per heavy atom. The van der Waals surface area contributed by atoms with E-state index in [0.29, 0.717) is 5.56 Å². The molecule has 4 nitrogen and oxygen atoms in total. The number of carboxylic acid groups (broad SMARTS) is 1. The predicted octanol–water partition coefficient (Wildman–Crippen LogP) is 3.27. The highest BCUT2D eigenvalue weighted by molar-refractivity contribution is 5.96. The predicted molar refractivity (Wildman–Crippen MR) is 80.4 cm³/mol. The van der Waals surface area contributed by atoms with Gasteiger partial charge in [0.1, 0.15) is 11.9 Å². The Balaban J connectivity index is 2.09. The van der Waals surface area contributed by atoms with Crippen LogP contribution in [0.25, 0.3) is 0 Å². The molecule has 1 atom stereocenters. The number of aliphatic carboxylic acids is 1. The van der Waals surface area contributed by atoms with E-state index >= 15 is 0 Å². The topological polar surface area (TPSA) is 66.4 Å². The fourth-order valence-electron chi connectivity index (χ4n) is 2.11. The highest BCUT2D eigenvalue weighted by Crippen LogP contribution is 2.29. The van der Waals surface area contributed by atoms with Crippen molar-refractivity contribution in [2.24, 2.45) is 0 Å². The lowest BCUT2D eigenvalue weighted by atomic mass is 10.0. The lowest BCUT2D eigenvalue weighted by molar-refractivity contribution is -0.139.